The van der Waals surface area contributed by atoms with Crippen LogP contribution in [0, 0.1) is 15.5 Å². The smallest absolute Gasteiger partial charge is 0.283 e. The molecule has 0 aliphatic carbocycles. The number of amidine groups is 2. The zero-order chi connectivity index (χ0) is 19.8. The number of nitro groups is 1. The van der Waals surface area contributed by atoms with Crippen LogP contribution in [0.15, 0.2) is 56.5 Å². The number of nitrogens with one attached hydrogen (secondary N) is 1. The molecular weight excluding hydrogens is 382 g/mol. The number of para-hydroxylation sites is 1. The molecule has 0 spiro atoms. The lowest BCUT2D eigenvalue weighted by Crippen LogP contribution is -2.35. The van der Waals surface area contributed by atoms with Crippen molar-refractivity contribution in [2.45, 2.75) is 13.3 Å². The van der Waals surface area contributed by atoms with Gasteiger partial charge in [0.2, 0.25) is 5.17 Å². The second kappa shape index (κ2) is 6.89. The highest BCUT2D eigenvalue weighted by molar-refractivity contribution is 8.26. The predicted octanol–water partition coefficient (Wildman–Crippen LogP) is 3.88. The SMILES string of the molecule is CCC1=NN2C(=N)/C(=C/c3ccc(-c4ccccc4[N+](=O)[O-])o3)C(=O)N=C2S1. The largest absolute Gasteiger partial charge is 0.456 e. The van der Waals surface area contributed by atoms with E-state index < -0.39 is 10.8 Å². The average molecular weight is 395 g/mol. The van der Waals surface area contributed by atoms with Crippen molar-refractivity contribution in [2.24, 2.45) is 10.1 Å². The fourth-order valence-electron chi connectivity index (χ4n) is 2.73. The number of hydrogen-bond donors (Lipinski definition) is 1. The van der Waals surface area contributed by atoms with E-state index in [-0.39, 0.29) is 22.9 Å². The lowest BCUT2D eigenvalue weighted by molar-refractivity contribution is -0.384. The first kappa shape index (κ1) is 17.9. The number of aliphatic imine (C=N–C) groups is 1. The van der Waals surface area contributed by atoms with Gasteiger partial charge in [0, 0.05) is 6.07 Å². The first-order valence-electron chi connectivity index (χ1n) is 8.30. The molecular formula is C18H13N5O4S. The maximum Gasteiger partial charge on any atom is 0.283 e. The molecule has 2 aliphatic rings. The molecule has 1 amide bonds. The number of amides is 1. The minimum Gasteiger partial charge on any atom is -0.456 e. The number of nitro benzene ring substituents is 1. The van der Waals surface area contributed by atoms with E-state index in [0.29, 0.717) is 22.9 Å². The predicted molar refractivity (Wildman–Crippen MR) is 106 cm³/mol. The van der Waals surface area contributed by atoms with Crippen molar-refractivity contribution in [3.63, 3.8) is 0 Å². The van der Waals surface area contributed by atoms with Crippen molar-refractivity contribution >= 4 is 45.5 Å². The molecule has 0 unspecified atom stereocenters. The third-order valence-electron chi connectivity index (χ3n) is 4.08. The Morgan fingerprint density at radius 1 is 1.32 bits per heavy atom. The molecule has 1 N–H and O–H groups in total. The van der Waals surface area contributed by atoms with Gasteiger partial charge in [-0.2, -0.15) is 15.1 Å². The van der Waals surface area contributed by atoms with Gasteiger partial charge in [0.05, 0.1) is 16.1 Å². The molecule has 1 aromatic carbocycles. The Morgan fingerprint density at radius 2 is 2.11 bits per heavy atom. The number of benzene rings is 1. The Kier molecular flexibility index (Phi) is 4.40. The van der Waals surface area contributed by atoms with Crippen molar-refractivity contribution in [1.82, 2.24) is 5.01 Å². The number of fused-ring (bicyclic) bond motifs is 1. The van der Waals surface area contributed by atoms with E-state index in [2.05, 4.69) is 10.1 Å². The Balaban J connectivity index is 1.68. The summed E-state index contributed by atoms with van der Waals surface area (Å²) in [6, 6.07) is 9.39. The van der Waals surface area contributed by atoms with Crippen LogP contribution in [0.2, 0.25) is 0 Å². The van der Waals surface area contributed by atoms with Crippen LogP contribution in [0.5, 0.6) is 0 Å². The lowest BCUT2D eigenvalue weighted by Gasteiger charge is -2.19. The van der Waals surface area contributed by atoms with Gasteiger partial charge in [-0.05, 0) is 42.5 Å². The van der Waals surface area contributed by atoms with Gasteiger partial charge >= 0.3 is 0 Å². The van der Waals surface area contributed by atoms with Crippen LogP contribution in [-0.4, -0.2) is 31.9 Å². The molecule has 10 heteroatoms. The number of rotatable bonds is 4. The molecule has 9 nitrogen and oxygen atoms in total. The van der Waals surface area contributed by atoms with Gasteiger partial charge in [-0.25, -0.2) is 0 Å². The molecule has 4 rings (SSSR count). The Morgan fingerprint density at radius 3 is 2.86 bits per heavy atom. The molecule has 140 valence electrons. The van der Waals surface area contributed by atoms with Crippen LogP contribution in [0.4, 0.5) is 5.69 Å². The maximum absolute atomic E-state index is 12.3. The summed E-state index contributed by atoms with van der Waals surface area (Å²) in [7, 11) is 0. The van der Waals surface area contributed by atoms with Gasteiger partial charge in [0.25, 0.3) is 11.6 Å². The second-order valence-corrected chi connectivity index (χ2v) is 6.88. The van der Waals surface area contributed by atoms with E-state index in [1.807, 2.05) is 6.92 Å². The van der Waals surface area contributed by atoms with Crippen molar-refractivity contribution in [1.29, 1.82) is 5.41 Å². The fraction of sp³-hybridized carbons (Fsp3) is 0.111. The van der Waals surface area contributed by atoms with Crippen LogP contribution >= 0.6 is 11.8 Å². The Bertz CT molecular complexity index is 1110. The number of hydrazone groups is 1. The zero-order valence-electron chi connectivity index (χ0n) is 14.6. The van der Waals surface area contributed by atoms with Crippen LogP contribution in [-0.2, 0) is 4.79 Å². The molecule has 0 saturated heterocycles. The average Bonchev–Trinajstić information content (AvgIpc) is 3.32. The number of nitrogens with zero attached hydrogens (tertiary/aromatic N) is 4. The van der Waals surface area contributed by atoms with E-state index in [9.17, 15) is 14.9 Å². The van der Waals surface area contributed by atoms with Crippen molar-refractivity contribution in [3.8, 4) is 11.3 Å². The van der Waals surface area contributed by atoms with Crippen molar-refractivity contribution in [2.75, 3.05) is 0 Å². The molecule has 3 heterocycles. The van der Waals surface area contributed by atoms with E-state index in [1.54, 1.807) is 30.3 Å². The van der Waals surface area contributed by atoms with Crippen LogP contribution in [0.3, 0.4) is 0 Å². The summed E-state index contributed by atoms with van der Waals surface area (Å²) >= 11 is 1.27. The minimum absolute atomic E-state index is 0.0360. The first-order valence-corrected chi connectivity index (χ1v) is 9.12. The number of furan rings is 1. The molecule has 0 bridgehead atoms. The topological polar surface area (TPSA) is 125 Å². The summed E-state index contributed by atoms with van der Waals surface area (Å²) in [5.41, 5.74) is 0.284. The maximum atomic E-state index is 12.3. The van der Waals surface area contributed by atoms with Gasteiger partial charge in [-0.15, -0.1) is 0 Å². The summed E-state index contributed by atoms with van der Waals surface area (Å²) in [5, 5.41) is 26.2. The standard InChI is InChI=1S/C18H13N5O4S/c1-2-15-21-22-16(19)12(17(24)20-18(22)28-15)9-10-7-8-14(27-10)11-5-3-4-6-13(11)23(25)26/h3-9,19H,2H2,1H3/b12-9-,19-16?. The van der Waals surface area contributed by atoms with Gasteiger partial charge in [-0.1, -0.05) is 19.1 Å². The highest BCUT2D eigenvalue weighted by atomic mass is 32.2. The second-order valence-electron chi connectivity index (χ2n) is 5.84. The highest BCUT2D eigenvalue weighted by Gasteiger charge is 2.35. The van der Waals surface area contributed by atoms with E-state index >= 15 is 0 Å². The summed E-state index contributed by atoms with van der Waals surface area (Å²) in [5.74, 6) is -0.0675. The molecule has 2 aromatic rings. The van der Waals surface area contributed by atoms with Gasteiger partial charge in [-0.3, -0.25) is 20.3 Å². The molecule has 0 atom stereocenters. The molecule has 28 heavy (non-hydrogen) atoms. The monoisotopic (exact) mass is 395 g/mol. The van der Waals surface area contributed by atoms with Crippen LogP contribution in [0.1, 0.15) is 19.1 Å². The number of hydrogen-bond acceptors (Lipinski definition) is 7. The fourth-order valence-corrected chi connectivity index (χ4v) is 3.56. The van der Waals surface area contributed by atoms with Crippen molar-refractivity contribution in [3.05, 3.63) is 57.8 Å². The Hall–Kier alpha value is -3.53. The molecule has 0 radical (unpaired) electrons. The molecule has 0 fully saturated rings. The van der Waals surface area contributed by atoms with Gasteiger partial charge < -0.3 is 4.42 Å². The van der Waals surface area contributed by atoms with Crippen LogP contribution < -0.4 is 0 Å². The zero-order valence-corrected chi connectivity index (χ0v) is 15.4. The third kappa shape index (κ3) is 3.03. The third-order valence-corrected chi connectivity index (χ3v) is 5.13. The van der Waals surface area contributed by atoms with E-state index in [0.717, 1.165) is 5.04 Å². The lowest BCUT2D eigenvalue weighted by atomic mass is 10.1. The van der Waals surface area contributed by atoms with Gasteiger partial charge in [0.1, 0.15) is 16.6 Å². The highest BCUT2D eigenvalue weighted by Crippen LogP contribution is 2.33. The number of carbonyl (C=O) groups is 1. The normalized spacial score (nSPS) is 17.6. The summed E-state index contributed by atoms with van der Waals surface area (Å²) < 4.78 is 5.68. The summed E-state index contributed by atoms with van der Waals surface area (Å²) in [4.78, 5) is 27.1. The molecule has 1 aromatic heterocycles. The van der Waals surface area contributed by atoms with Crippen molar-refractivity contribution < 1.29 is 14.1 Å². The summed E-state index contributed by atoms with van der Waals surface area (Å²) in [6.45, 7) is 1.93. The molecule has 2 aliphatic heterocycles. The van der Waals surface area contributed by atoms with Crippen LogP contribution in [0.25, 0.3) is 17.4 Å². The number of thioether (sulfide) groups is 1. The number of carbonyl (C=O) groups excluding carboxylic acids is 1. The minimum atomic E-state index is -0.556. The van der Waals surface area contributed by atoms with E-state index in [4.69, 9.17) is 9.83 Å². The first-order chi connectivity index (χ1) is 13.5. The van der Waals surface area contributed by atoms with E-state index in [1.165, 1.54) is 28.9 Å². The Labute approximate surface area is 163 Å². The van der Waals surface area contributed by atoms with Gasteiger partial charge in [0.15, 0.2) is 5.84 Å². The summed E-state index contributed by atoms with van der Waals surface area (Å²) in [6.07, 6.45) is 2.07. The molecule has 0 saturated carbocycles. The quantitative estimate of drug-likeness (QED) is 0.476.